The summed E-state index contributed by atoms with van der Waals surface area (Å²) >= 11 is 0. The predicted molar refractivity (Wildman–Crippen MR) is 72.5 cm³/mol. The van der Waals surface area contributed by atoms with Crippen molar-refractivity contribution in [3.8, 4) is 0 Å². The Balaban J connectivity index is 1.50. The Morgan fingerprint density at radius 3 is 2.90 bits per heavy atom. The quantitative estimate of drug-likeness (QED) is 0.791. The van der Waals surface area contributed by atoms with Crippen LogP contribution in [0.1, 0.15) is 50.5 Å². The normalized spacial score (nSPS) is 24.4. The van der Waals surface area contributed by atoms with E-state index in [0.717, 1.165) is 26.2 Å². The summed E-state index contributed by atoms with van der Waals surface area (Å²) in [7, 11) is 0. The first-order valence-corrected chi connectivity index (χ1v) is 7.51. The second kappa shape index (κ2) is 6.20. The van der Waals surface area contributed by atoms with Crippen molar-refractivity contribution in [3.05, 3.63) is 11.8 Å². The highest BCUT2D eigenvalue weighted by Gasteiger charge is 2.27. The summed E-state index contributed by atoms with van der Waals surface area (Å²) < 4.78 is 17.1. The fraction of sp³-hybridized carbons (Fsp3) is 0.857. The maximum atomic E-state index is 5.75. The zero-order valence-corrected chi connectivity index (χ0v) is 12.2. The van der Waals surface area contributed by atoms with Gasteiger partial charge in [-0.2, -0.15) is 0 Å². The van der Waals surface area contributed by atoms with Gasteiger partial charge in [-0.15, -0.1) is 10.2 Å². The zero-order chi connectivity index (χ0) is 13.9. The number of morpholine rings is 1. The lowest BCUT2D eigenvalue weighted by Gasteiger charge is -2.31. The van der Waals surface area contributed by atoms with Crippen molar-refractivity contribution in [1.82, 2.24) is 15.1 Å². The van der Waals surface area contributed by atoms with Crippen LogP contribution < -0.4 is 0 Å². The van der Waals surface area contributed by atoms with E-state index < -0.39 is 0 Å². The number of ether oxygens (including phenoxy) is 2. The van der Waals surface area contributed by atoms with Gasteiger partial charge in [0.15, 0.2) is 0 Å². The van der Waals surface area contributed by atoms with E-state index in [-0.39, 0.29) is 12.0 Å². The van der Waals surface area contributed by atoms with Crippen LogP contribution >= 0.6 is 0 Å². The fourth-order valence-electron chi connectivity index (χ4n) is 2.25. The van der Waals surface area contributed by atoms with Gasteiger partial charge in [0.05, 0.1) is 19.3 Å². The summed E-state index contributed by atoms with van der Waals surface area (Å²) in [5.74, 6) is 1.53. The Bertz CT molecular complexity index is 431. The molecule has 112 valence electrons. The molecule has 1 aromatic heterocycles. The highest BCUT2D eigenvalue weighted by Crippen LogP contribution is 2.25. The molecule has 1 aromatic rings. The van der Waals surface area contributed by atoms with Crippen molar-refractivity contribution in [2.75, 3.05) is 32.8 Å². The van der Waals surface area contributed by atoms with Gasteiger partial charge in [0, 0.05) is 25.6 Å². The molecule has 6 heteroatoms. The van der Waals surface area contributed by atoms with Crippen LogP contribution in [0.25, 0.3) is 0 Å². The molecule has 1 saturated carbocycles. The summed E-state index contributed by atoms with van der Waals surface area (Å²) in [5.41, 5.74) is 0. The summed E-state index contributed by atoms with van der Waals surface area (Å²) in [6, 6.07) is 0. The SMILES string of the molecule is CC(C)c1nnc(C2CN(CCOC3CC3)CCO2)o1. The van der Waals surface area contributed by atoms with Crippen molar-refractivity contribution in [2.45, 2.75) is 44.8 Å². The van der Waals surface area contributed by atoms with Gasteiger partial charge in [0.25, 0.3) is 0 Å². The Labute approximate surface area is 119 Å². The van der Waals surface area contributed by atoms with E-state index >= 15 is 0 Å². The van der Waals surface area contributed by atoms with Crippen molar-refractivity contribution >= 4 is 0 Å². The maximum Gasteiger partial charge on any atom is 0.246 e. The van der Waals surface area contributed by atoms with Crippen LogP contribution in [-0.4, -0.2) is 54.0 Å². The Morgan fingerprint density at radius 2 is 2.20 bits per heavy atom. The van der Waals surface area contributed by atoms with Crippen molar-refractivity contribution in [2.24, 2.45) is 0 Å². The topological polar surface area (TPSA) is 60.6 Å². The van der Waals surface area contributed by atoms with Crippen LogP contribution in [-0.2, 0) is 9.47 Å². The van der Waals surface area contributed by atoms with Crippen LogP contribution in [0.5, 0.6) is 0 Å². The van der Waals surface area contributed by atoms with Crippen molar-refractivity contribution in [1.29, 1.82) is 0 Å². The molecule has 2 fully saturated rings. The first-order valence-electron chi connectivity index (χ1n) is 7.51. The van der Waals surface area contributed by atoms with Gasteiger partial charge >= 0.3 is 0 Å². The highest BCUT2D eigenvalue weighted by molar-refractivity contribution is 4.92. The minimum atomic E-state index is -0.107. The van der Waals surface area contributed by atoms with Gasteiger partial charge in [-0.3, -0.25) is 4.90 Å². The summed E-state index contributed by atoms with van der Waals surface area (Å²) in [4.78, 5) is 2.34. The molecule has 0 spiro atoms. The monoisotopic (exact) mass is 281 g/mol. The average molecular weight is 281 g/mol. The fourth-order valence-corrected chi connectivity index (χ4v) is 2.25. The molecule has 1 saturated heterocycles. The van der Waals surface area contributed by atoms with Crippen molar-refractivity contribution in [3.63, 3.8) is 0 Å². The predicted octanol–water partition coefficient (Wildman–Crippen LogP) is 1.75. The zero-order valence-electron chi connectivity index (χ0n) is 12.2. The van der Waals surface area contributed by atoms with Crippen molar-refractivity contribution < 1.29 is 13.9 Å². The lowest BCUT2D eigenvalue weighted by molar-refractivity contribution is -0.0503. The Kier molecular flexibility index (Phi) is 4.33. The molecule has 0 N–H and O–H groups in total. The lowest BCUT2D eigenvalue weighted by atomic mass is 10.2. The Morgan fingerprint density at radius 1 is 1.35 bits per heavy atom. The molecule has 3 rings (SSSR count). The number of rotatable bonds is 6. The third-order valence-electron chi connectivity index (χ3n) is 3.66. The first kappa shape index (κ1) is 14.0. The first-order chi connectivity index (χ1) is 9.72. The molecule has 6 nitrogen and oxygen atoms in total. The third-order valence-corrected chi connectivity index (χ3v) is 3.66. The maximum absolute atomic E-state index is 5.75. The summed E-state index contributed by atoms with van der Waals surface area (Å²) in [5, 5.41) is 8.18. The highest BCUT2D eigenvalue weighted by atomic mass is 16.5. The smallest absolute Gasteiger partial charge is 0.246 e. The molecule has 0 bridgehead atoms. The van der Waals surface area contributed by atoms with Gasteiger partial charge in [0.2, 0.25) is 11.8 Å². The van der Waals surface area contributed by atoms with Crippen LogP contribution in [0.4, 0.5) is 0 Å². The van der Waals surface area contributed by atoms with Gasteiger partial charge < -0.3 is 13.9 Å². The molecule has 0 amide bonds. The molecule has 2 heterocycles. The molecule has 0 radical (unpaired) electrons. The van der Waals surface area contributed by atoms with Crippen LogP contribution in [0.15, 0.2) is 4.42 Å². The average Bonchev–Trinajstić information content (AvgIpc) is 3.12. The molecule has 0 aromatic carbocycles. The second-order valence-electron chi connectivity index (χ2n) is 5.86. The number of aromatic nitrogens is 2. The Hall–Kier alpha value is -0.980. The van der Waals surface area contributed by atoms with Gasteiger partial charge in [-0.05, 0) is 12.8 Å². The third kappa shape index (κ3) is 3.56. The van der Waals surface area contributed by atoms with Crippen LogP contribution in [0.3, 0.4) is 0 Å². The molecule has 1 unspecified atom stereocenters. The molecule has 1 aliphatic carbocycles. The van der Waals surface area contributed by atoms with E-state index in [0.29, 0.717) is 24.5 Å². The number of hydrogen-bond donors (Lipinski definition) is 0. The largest absolute Gasteiger partial charge is 0.422 e. The van der Waals surface area contributed by atoms with E-state index in [1.807, 2.05) is 13.8 Å². The number of nitrogens with zero attached hydrogens (tertiary/aromatic N) is 3. The summed E-state index contributed by atoms with van der Waals surface area (Å²) in [6.07, 6.45) is 2.87. The van der Waals surface area contributed by atoms with E-state index in [1.165, 1.54) is 12.8 Å². The van der Waals surface area contributed by atoms with Gasteiger partial charge in [-0.1, -0.05) is 13.8 Å². The van der Waals surface area contributed by atoms with E-state index in [9.17, 15) is 0 Å². The minimum absolute atomic E-state index is 0.107. The second-order valence-corrected chi connectivity index (χ2v) is 5.86. The molecular formula is C14H23N3O3. The minimum Gasteiger partial charge on any atom is -0.422 e. The van der Waals surface area contributed by atoms with Crippen LogP contribution in [0.2, 0.25) is 0 Å². The molecule has 2 aliphatic rings. The van der Waals surface area contributed by atoms with E-state index in [2.05, 4.69) is 15.1 Å². The molecule has 20 heavy (non-hydrogen) atoms. The molecule has 1 aliphatic heterocycles. The van der Waals surface area contributed by atoms with Crippen LogP contribution in [0, 0.1) is 0 Å². The standard InChI is InChI=1S/C14H23N3O3/c1-10(2)13-15-16-14(20-13)12-9-17(6-8-19-12)5-7-18-11-3-4-11/h10-12H,3-9H2,1-2H3. The summed E-state index contributed by atoms with van der Waals surface area (Å²) in [6.45, 7) is 8.28. The van der Waals surface area contributed by atoms with Gasteiger partial charge in [-0.25, -0.2) is 0 Å². The van der Waals surface area contributed by atoms with E-state index in [1.54, 1.807) is 0 Å². The molecule has 1 atom stereocenters. The van der Waals surface area contributed by atoms with Gasteiger partial charge in [0.1, 0.15) is 6.10 Å². The van der Waals surface area contributed by atoms with E-state index in [4.69, 9.17) is 13.9 Å². The lowest BCUT2D eigenvalue weighted by Crippen LogP contribution is -2.40. The molecular weight excluding hydrogens is 258 g/mol. The number of hydrogen-bond acceptors (Lipinski definition) is 6.